The van der Waals surface area contributed by atoms with E-state index in [0.29, 0.717) is 5.56 Å². The number of rotatable bonds is 8. The molecule has 0 N–H and O–H groups in total. The summed E-state index contributed by atoms with van der Waals surface area (Å²) in [6.07, 6.45) is 3.09. The third-order valence-electron chi connectivity index (χ3n) is 6.20. The van der Waals surface area contributed by atoms with Crippen LogP contribution in [0, 0.1) is 0 Å². The fourth-order valence-corrected chi connectivity index (χ4v) is 3.84. The standard InChI is InChI=1S/C17H18.C14H20FN/c1-3-17(4-2,15-11-7-5-8-12-15)16-13-9-6-10-14-16;1-11(2)16(5)10-12-6-8-13(9-7-12)14(3,4)15/h3,5-14H,1,4H2,2H3;6-9H,1,10H2,2-5H3. The minimum atomic E-state index is -1.27. The molecular weight excluding hydrogens is 405 g/mol. The van der Waals surface area contributed by atoms with E-state index in [2.05, 4.69) is 91.7 Å². The maximum Gasteiger partial charge on any atom is 0.130 e. The number of allylic oxidation sites excluding steroid dienone is 2. The predicted molar refractivity (Wildman–Crippen MR) is 141 cm³/mol. The monoisotopic (exact) mass is 443 g/mol. The van der Waals surface area contributed by atoms with Gasteiger partial charge in [-0.05, 0) is 49.4 Å². The van der Waals surface area contributed by atoms with Crippen LogP contribution >= 0.6 is 0 Å². The number of hydrogen-bond acceptors (Lipinski definition) is 1. The molecule has 0 aliphatic heterocycles. The molecule has 0 amide bonds. The van der Waals surface area contributed by atoms with Crippen molar-refractivity contribution >= 4 is 0 Å². The molecule has 0 spiro atoms. The molecule has 0 bridgehead atoms. The smallest absolute Gasteiger partial charge is 0.130 e. The fraction of sp³-hybridized carbons (Fsp3) is 0.290. The Hall–Kier alpha value is -3.13. The molecule has 0 radical (unpaired) electrons. The second-order valence-corrected chi connectivity index (χ2v) is 9.02. The van der Waals surface area contributed by atoms with Gasteiger partial charge in [0, 0.05) is 24.7 Å². The van der Waals surface area contributed by atoms with E-state index >= 15 is 0 Å². The lowest BCUT2D eigenvalue weighted by atomic mass is 9.73. The van der Waals surface area contributed by atoms with Gasteiger partial charge in [0.15, 0.2) is 0 Å². The first-order valence-electron chi connectivity index (χ1n) is 11.5. The van der Waals surface area contributed by atoms with Crippen molar-refractivity contribution in [3.63, 3.8) is 0 Å². The average Bonchev–Trinajstić information content (AvgIpc) is 2.82. The lowest BCUT2D eigenvalue weighted by molar-refractivity contribution is 0.221. The van der Waals surface area contributed by atoms with Crippen LogP contribution in [-0.2, 0) is 17.6 Å². The van der Waals surface area contributed by atoms with Crippen molar-refractivity contribution in [1.29, 1.82) is 0 Å². The third-order valence-corrected chi connectivity index (χ3v) is 6.20. The van der Waals surface area contributed by atoms with Gasteiger partial charge in [0.05, 0.1) is 0 Å². The molecule has 3 aromatic rings. The number of hydrogen-bond donors (Lipinski definition) is 0. The van der Waals surface area contributed by atoms with Crippen molar-refractivity contribution < 1.29 is 4.39 Å². The summed E-state index contributed by atoms with van der Waals surface area (Å²) in [5, 5.41) is 0. The second-order valence-electron chi connectivity index (χ2n) is 9.02. The van der Waals surface area contributed by atoms with E-state index in [9.17, 15) is 4.39 Å². The lowest BCUT2D eigenvalue weighted by Crippen LogP contribution is -2.23. The molecule has 0 fully saturated rings. The first-order valence-corrected chi connectivity index (χ1v) is 11.5. The Morgan fingerprint density at radius 1 is 0.848 bits per heavy atom. The summed E-state index contributed by atoms with van der Waals surface area (Å²) in [5.41, 5.74) is 4.19. The van der Waals surface area contributed by atoms with Gasteiger partial charge in [0.25, 0.3) is 0 Å². The van der Waals surface area contributed by atoms with Crippen LogP contribution < -0.4 is 0 Å². The molecule has 174 valence electrons. The summed E-state index contributed by atoms with van der Waals surface area (Å²) in [5.74, 6) is 0. The van der Waals surface area contributed by atoms with Crippen molar-refractivity contribution in [2.24, 2.45) is 0 Å². The molecule has 1 nitrogen and oxygen atoms in total. The second kappa shape index (κ2) is 11.7. The number of alkyl halides is 1. The van der Waals surface area contributed by atoms with Gasteiger partial charge in [-0.1, -0.05) is 105 Å². The van der Waals surface area contributed by atoms with E-state index in [0.717, 1.165) is 18.7 Å². The zero-order valence-corrected chi connectivity index (χ0v) is 20.8. The minimum absolute atomic E-state index is 0.0669. The minimum Gasteiger partial charge on any atom is -0.374 e. The van der Waals surface area contributed by atoms with Crippen LogP contribution in [0.5, 0.6) is 0 Å². The van der Waals surface area contributed by atoms with Gasteiger partial charge in [0.1, 0.15) is 5.67 Å². The topological polar surface area (TPSA) is 3.24 Å². The van der Waals surface area contributed by atoms with Crippen LogP contribution in [0.3, 0.4) is 0 Å². The van der Waals surface area contributed by atoms with Crippen molar-refractivity contribution in [2.75, 3.05) is 7.05 Å². The molecule has 0 aliphatic rings. The van der Waals surface area contributed by atoms with Crippen LogP contribution in [0.2, 0.25) is 0 Å². The molecule has 0 heterocycles. The molecule has 3 aromatic carbocycles. The van der Waals surface area contributed by atoms with Gasteiger partial charge in [-0.2, -0.15) is 0 Å². The Balaban J connectivity index is 0.000000234. The zero-order valence-electron chi connectivity index (χ0n) is 20.8. The number of nitrogens with zero attached hydrogens (tertiary/aromatic N) is 1. The lowest BCUT2D eigenvalue weighted by Gasteiger charge is -2.30. The van der Waals surface area contributed by atoms with Crippen molar-refractivity contribution in [2.45, 2.75) is 51.7 Å². The third kappa shape index (κ3) is 6.92. The Morgan fingerprint density at radius 3 is 1.64 bits per heavy atom. The average molecular weight is 444 g/mol. The van der Waals surface area contributed by atoms with Gasteiger partial charge in [-0.3, -0.25) is 0 Å². The summed E-state index contributed by atoms with van der Waals surface area (Å²) in [6, 6.07) is 28.8. The van der Waals surface area contributed by atoms with Crippen LogP contribution in [0.4, 0.5) is 4.39 Å². The Kier molecular flexibility index (Phi) is 9.22. The largest absolute Gasteiger partial charge is 0.374 e. The highest BCUT2D eigenvalue weighted by atomic mass is 19.1. The van der Waals surface area contributed by atoms with Crippen LogP contribution in [0.1, 0.15) is 56.4 Å². The van der Waals surface area contributed by atoms with Crippen LogP contribution in [0.25, 0.3) is 0 Å². The van der Waals surface area contributed by atoms with E-state index in [-0.39, 0.29) is 5.41 Å². The van der Waals surface area contributed by atoms with E-state index in [1.165, 1.54) is 16.7 Å². The Labute approximate surface area is 200 Å². The molecule has 0 atom stereocenters. The Bertz CT molecular complexity index is 959. The summed E-state index contributed by atoms with van der Waals surface area (Å²) in [7, 11) is 2.00. The van der Waals surface area contributed by atoms with E-state index in [1.54, 1.807) is 13.8 Å². The van der Waals surface area contributed by atoms with Gasteiger partial charge in [-0.15, -0.1) is 6.58 Å². The predicted octanol–water partition coefficient (Wildman–Crippen LogP) is 8.43. The SMILES string of the molecule is C=C(C)N(C)Cc1ccc(C(C)(C)F)cc1.C=CC(CC)(c1ccccc1)c1ccccc1. The summed E-state index contributed by atoms with van der Waals surface area (Å²) in [4.78, 5) is 2.07. The van der Waals surface area contributed by atoms with E-state index in [4.69, 9.17) is 0 Å². The molecule has 3 rings (SSSR count). The quantitative estimate of drug-likeness (QED) is 0.316. The summed E-state index contributed by atoms with van der Waals surface area (Å²) >= 11 is 0. The molecule has 2 heteroatoms. The van der Waals surface area contributed by atoms with E-state index in [1.807, 2.05) is 38.2 Å². The first kappa shape index (κ1) is 26.1. The normalized spacial score (nSPS) is 11.2. The summed E-state index contributed by atoms with van der Waals surface area (Å²) in [6.45, 7) is 16.1. The van der Waals surface area contributed by atoms with Gasteiger partial charge >= 0.3 is 0 Å². The maximum atomic E-state index is 13.6. The van der Waals surface area contributed by atoms with Crippen molar-refractivity contribution in [1.82, 2.24) is 4.90 Å². The molecular formula is C31H38FN. The van der Waals surface area contributed by atoms with Gasteiger partial charge < -0.3 is 4.90 Å². The van der Waals surface area contributed by atoms with Crippen LogP contribution in [0.15, 0.2) is 110 Å². The molecule has 33 heavy (non-hydrogen) atoms. The maximum absolute atomic E-state index is 13.6. The highest BCUT2D eigenvalue weighted by Gasteiger charge is 2.28. The number of halogens is 1. The highest BCUT2D eigenvalue weighted by Crippen LogP contribution is 2.36. The van der Waals surface area contributed by atoms with Crippen LogP contribution in [-0.4, -0.2) is 11.9 Å². The van der Waals surface area contributed by atoms with Gasteiger partial charge in [0.2, 0.25) is 0 Å². The summed E-state index contributed by atoms with van der Waals surface area (Å²) < 4.78 is 13.6. The molecule has 0 unspecified atom stereocenters. The molecule has 0 saturated carbocycles. The van der Waals surface area contributed by atoms with E-state index < -0.39 is 5.67 Å². The first-order chi connectivity index (χ1) is 15.6. The van der Waals surface area contributed by atoms with Gasteiger partial charge in [-0.25, -0.2) is 4.39 Å². The zero-order chi connectivity index (χ0) is 24.5. The van der Waals surface area contributed by atoms with Crippen molar-refractivity contribution in [3.05, 3.63) is 132 Å². The Morgan fingerprint density at radius 2 is 1.30 bits per heavy atom. The molecule has 0 aromatic heterocycles. The molecule has 0 saturated heterocycles. The fourth-order valence-electron chi connectivity index (χ4n) is 3.84. The highest BCUT2D eigenvalue weighted by molar-refractivity contribution is 5.43. The molecule has 0 aliphatic carbocycles. The number of benzene rings is 3. The van der Waals surface area contributed by atoms with Crippen molar-refractivity contribution in [3.8, 4) is 0 Å².